The number of aryl methyl sites for hydroxylation is 3. The second-order valence-electron chi connectivity index (χ2n) is 6.28. The van der Waals surface area contributed by atoms with E-state index in [0.29, 0.717) is 0 Å². The smallest absolute Gasteiger partial charge is 0.168 e. The van der Waals surface area contributed by atoms with Crippen LogP contribution in [0.1, 0.15) is 16.7 Å². The van der Waals surface area contributed by atoms with Gasteiger partial charge in [-0.2, -0.15) is 5.10 Å². The molecular formula is C20H19N5. The molecule has 0 amide bonds. The largest absolute Gasteiger partial charge is 0.340 e. The number of nitrogens with zero attached hydrogens (tertiary/aromatic N) is 4. The third-order valence-electron chi connectivity index (χ3n) is 4.41. The van der Waals surface area contributed by atoms with Gasteiger partial charge in [0.25, 0.3) is 0 Å². The summed E-state index contributed by atoms with van der Waals surface area (Å²) in [6.07, 6.45) is 3.37. The molecule has 2 aromatic heterocycles. The van der Waals surface area contributed by atoms with Gasteiger partial charge in [0.05, 0.1) is 17.3 Å². The van der Waals surface area contributed by atoms with Crippen LogP contribution >= 0.6 is 0 Å². The molecule has 0 aliphatic heterocycles. The molecular weight excluding hydrogens is 310 g/mol. The Hall–Kier alpha value is -3.21. The Morgan fingerprint density at radius 3 is 2.44 bits per heavy atom. The lowest BCUT2D eigenvalue weighted by Crippen LogP contribution is -1.99. The minimum absolute atomic E-state index is 0.756. The molecule has 25 heavy (non-hydrogen) atoms. The van der Waals surface area contributed by atoms with Gasteiger partial charge in [-0.05, 0) is 56.2 Å². The SMILES string of the molecule is Cc1ccc(-n2ncc3c(Nc4ccc(C)c(C)c4)ncnc32)cc1. The lowest BCUT2D eigenvalue weighted by molar-refractivity contribution is 0.894. The van der Waals surface area contributed by atoms with Crippen LogP contribution in [-0.4, -0.2) is 19.7 Å². The van der Waals surface area contributed by atoms with Crippen molar-refractivity contribution >= 4 is 22.5 Å². The highest BCUT2D eigenvalue weighted by Crippen LogP contribution is 2.25. The van der Waals surface area contributed by atoms with Crippen LogP contribution in [0.15, 0.2) is 55.0 Å². The molecule has 5 nitrogen and oxygen atoms in total. The molecule has 0 saturated carbocycles. The van der Waals surface area contributed by atoms with Crippen LogP contribution < -0.4 is 5.32 Å². The maximum absolute atomic E-state index is 4.50. The average Bonchev–Trinajstić information content (AvgIpc) is 3.04. The van der Waals surface area contributed by atoms with Crippen molar-refractivity contribution in [3.8, 4) is 5.69 Å². The number of hydrogen-bond acceptors (Lipinski definition) is 4. The first-order valence-electron chi connectivity index (χ1n) is 8.22. The van der Waals surface area contributed by atoms with Crippen molar-refractivity contribution in [1.29, 1.82) is 0 Å². The molecule has 1 N–H and O–H groups in total. The second kappa shape index (κ2) is 6.02. The highest BCUT2D eigenvalue weighted by Gasteiger charge is 2.11. The topological polar surface area (TPSA) is 55.6 Å². The molecule has 2 aromatic carbocycles. The lowest BCUT2D eigenvalue weighted by atomic mass is 10.1. The first kappa shape index (κ1) is 15.3. The number of nitrogens with one attached hydrogen (secondary N) is 1. The summed E-state index contributed by atoms with van der Waals surface area (Å²) in [5.41, 5.74) is 6.50. The van der Waals surface area contributed by atoms with Crippen LogP contribution in [0.5, 0.6) is 0 Å². The average molecular weight is 329 g/mol. The highest BCUT2D eigenvalue weighted by molar-refractivity contribution is 5.89. The molecule has 5 heteroatoms. The highest BCUT2D eigenvalue weighted by atomic mass is 15.3. The Morgan fingerprint density at radius 1 is 0.880 bits per heavy atom. The van der Waals surface area contributed by atoms with Crippen LogP contribution in [-0.2, 0) is 0 Å². The van der Waals surface area contributed by atoms with Crippen molar-refractivity contribution in [2.45, 2.75) is 20.8 Å². The third kappa shape index (κ3) is 2.85. The second-order valence-corrected chi connectivity index (χ2v) is 6.28. The molecule has 124 valence electrons. The first-order valence-corrected chi connectivity index (χ1v) is 8.22. The molecule has 0 unspecified atom stereocenters. The summed E-state index contributed by atoms with van der Waals surface area (Å²) in [7, 11) is 0. The maximum Gasteiger partial charge on any atom is 0.168 e. The van der Waals surface area contributed by atoms with Crippen molar-refractivity contribution in [3.63, 3.8) is 0 Å². The first-order chi connectivity index (χ1) is 12.1. The van der Waals surface area contributed by atoms with E-state index in [4.69, 9.17) is 0 Å². The van der Waals surface area contributed by atoms with Crippen LogP contribution in [0.3, 0.4) is 0 Å². The molecule has 0 bridgehead atoms. The van der Waals surface area contributed by atoms with E-state index in [-0.39, 0.29) is 0 Å². The lowest BCUT2D eigenvalue weighted by Gasteiger charge is -2.09. The van der Waals surface area contributed by atoms with Gasteiger partial charge >= 0.3 is 0 Å². The maximum atomic E-state index is 4.50. The Bertz CT molecular complexity index is 1050. The van der Waals surface area contributed by atoms with E-state index in [1.807, 2.05) is 16.8 Å². The molecule has 0 saturated heterocycles. The van der Waals surface area contributed by atoms with Crippen LogP contribution in [0, 0.1) is 20.8 Å². The van der Waals surface area contributed by atoms with Crippen molar-refractivity contribution in [2.24, 2.45) is 0 Å². The van der Waals surface area contributed by atoms with E-state index in [9.17, 15) is 0 Å². The molecule has 0 atom stereocenters. The summed E-state index contributed by atoms with van der Waals surface area (Å²) >= 11 is 0. The zero-order chi connectivity index (χ0) is 17.4. The summed E-state index contributed by atoms with van der Waals surface area (Å²) in [6, 6.07) is 14.5. The Labute approximate surface area is 146 Å². The van der Waals surface area contributed by atoms with Gasteiger partial charge < -0.3 is 5.32 Å². The number of anilines is 2. The van der Waals surface area contributed by atoms with Crippen LogP contribution in [0.25, 0.3) is 16.7 Å². The standard InChI is InChI=1S/C20H19N5/c1-13-4-8-17(9-5-13)25-20-18(11-23-25)19(21-12-22-20)24-16-7-6-14(2)15(3)10-16/h4-12H,1-3H3,(H,21,22,24). The quantitative estimate of drug-likeness (QED) is 0.602. The third-order valence-corrected chi connectivity index (χ3v) is 4.41. The van der Waals surface area contributed by atoms with Gasteiger partial charge in [-0.25, -0.2) is 14.6 Å². The minimum Gasteiger partial charge on any atom is -0.340 e. The summed E-state index contributed by atoms with van der Waals surface area (Å²) < 4.78 is 1.84. The van der Waals surface area contributed by atoms with Crippen molar-refractivity contribution in [2.75, 3.05) is 5.32 Å². The normalized spacial score (nSPS) is 11.0. The Morgan fingerprint density at radius 2 is 1.68 bits per heavy atom. The number of rotatable bonds is 3. The fourth-order valence-corrected chi connectivity index (χ4v) is 2.77. The van der Waals surface area contributed by atoms with Gasteiger partial charge in [-0.15, -0.1) is 0 Å². The van der Waals surface area contributed by atoms with Crippen LogP contribution in [0.4, 0.5) is 11.5 Å². The Balaban J connectivity index is 1.76. The van der Waals surface area contributed by atoms with Crippen molar-refractivity contribution in [3.05, 3.63) is 71.7 Å². The minimum atomic E-state index is 0.756. The van der Waals surface area contributed by atoms with Gasteiger partial charge in [0.15, 0.2) is 5.65 Å². The summed E-state index contributed by atoms with van der Waals surface area (Å²) in [6.45, 7) is 6.28. The molecule has 2 heterocycles. The monoisotopic (exact) mass is 329 g/mol. The van der Waals surface area contributed by atoms with Gasteiger partial charge in [-0.1, -0.05) is 23.8 Å². The molecule has 4 aromatic rings. The van der Waals surface area contributed by atoms with E-state index < -0.39 is 0 Å². The molecule has 0 aliphatic carbocycles. The molecule has 0 aliphatic rings. The zero-order valence-corrected chi connectivity index (χ0v) is 14.5. The van der Waals surface area contributed by atoms with E-state index in [1.165, 1.54) is 16.7 Å². The number of benzene rings is 2. The van der Waals surface area contributed by atoms with E-state index >= 15 is 0 Å². The van der Waals surface area contributed by atoms with E-state index in [1.54, 1.807) is 12.5 Å². The predicted molar refractivity (Wildman–Crippen MR) is 101 cm³/mol. The van der Waals surface area contributed by atoms with Gasteiger partial charge in [0, 0.05) is 5.69 Å². The van der Waals surface area contributed by atoms with E-state index in [2.05, 4.69) is 71.5 Å². The van der Waals surface area contributed by atoms with Crippen molar-refractivity contribution in [1.82, 2.24) is 19.7 Å². The van der Waals surface area contributed by atoms with Gasteiger partial charge in [0.1, 0.15) is 12.1 Å². The number of fused-ring (bicyclic) bond motifs is 1. The number of aromatic nitrogens is 4. The fourth-order valence-electron chi connectivity index (χ4n) is 2.77. The molecule has 4 rings (SSSR count). The fraction of sp³-hybridized carbons (Fsp3) is 0.150. The molecule has 0 radical (unpaired) electrons. The number of hydrogen-bond donors (Lipinski definition) is 1. The Kier molecular flexibility index (Phi) is 3.69. The molecule has 0 fully saturated rings. The van der Waals surface area contributed by atoms with Gasteiger partial charge in [0.2, 0.25) is 0 Å². The summed E-state index contributed by atoms with van der Waals surface area (Å²) in [4.78, 5) is 8.82. The van der Waals surface area contributed by atoms with Gasteiger partial charge in [-0.3, -0.25) is 0 Å². The zero-order valence-electron chi connectivity index (χ0n) is 14.5. The summed E-state index contributed by atoms with van der Waals surface area (Å²) in [5, 5.41) is 8.78. The predicted octanol–water partition coefficient (Wildman–Crippen LogP) is 4.48. The van der Waals surface area contributed by atoms with Crippen LogP contribution in [0.2, 0.25) is 0 Å². The van der Waals surface area contributed by atoms with E-state index in [0.717, 1.165) is 28.2 Å². The summed E-state index contributed by atoms with van der Waals surface area (Å²) in [5.74, 6) is 0.756. The van der Waals surface area contributed by atoms with Crippen molar-refractivity contribution < 1.29 is 0 Å². The molecule has 0 spiro atoms.